The van der Waals surface area contributed by atoms with E-state index in [-0.39, 0.29) is 5.75 Å². The lowest BCUT2D eigenvalue weighted by molar-refractivity contribution is -0.274. The first-order valence-electron chi connectivity index (χ1n) is 6.12. The lowest BCUT2D eigenvalue weighted by Crippen LogP contribution is -2.30. The number of rotatable bonds is 7. The van der Waals surface area contributed by atoms with Crippen molar-refractivity contribution >= 4 is 27.7 Å². The van der Waals surface area contributed by atoms with E-state index in [2.05, 4.69) is 32.9 Å². The molecule has 0 saturated heterocycles. The maximum absolute atomic E-state index is 12.1. The Hall–Kier alpha value is -0.400. The van der Waals surface area contributed by atoms with Crippen LogP contribution in [0.5, 0.6) is 5.75 Å². The van der Waals surface area contributed by atoms with E-state index >= 15 is 0 Å². The monoisotopic (exact) mass is 371 g/mol. The Bertz CT molecular complexity index is 429. The fraction of sp³-hybridized carbons (Fsp3) is 0.538. The van der Waals surface area contributed by atoms with Crippen LogP contribution in [0.15, 0.2) is 22.7 Å². The average molecular weight is 372 g/mol. The number of thioether (sulfide) groups is 1. The van der Waals surface area contributed by atoms with Crippen molar-refractivity contribution in [1.82, 2.24) is 5.32 Å². The Morgan fingerprint density at radius 2 is 2.10 bits per heavy atom. The summed E-state index contributed by atoms with van der Waals surface area (Å²) in [6.07, 6.45) is -1.62. The highest BCUT2D eigenvalue weighted by Crippen LogP contribution is 2.31. The minimum Gasteiger partial charge on any atom is -0.405 e. The SMILES string of the molecule is CCC(CSC)NCc1ccc(OC(F)(F)F)c(Br)c1. The van der Waals surface area contributed by atoms with Gasteiger partial charge in [0.25, 0.3) is 0 Å². The summed E-state index contributed by atoms with van der Waals surface area (Å²) in [5.74, 6) is 0.782. The number of alkyl halides is 3. The maximum Gasteiger partial charge on any atom is 0.573 e. The van der Waals surface area contributed by atoms with Crippen LogP contribution in [0.25, 0.3) is 0 Å². The lowest BCUT2D eigenvalue weighted by atomic mass is 10.2. The summed E-state index contributed by atoms with van der Waals surface area (Å²) in [6.45, 7) is 2.72. The molecule has 1 aromatic carbocycles. The quantitative estimate of drug-likeness (QED) is 0.757. The lowest BCUT2D eigenvalue weighted by Gasteiger charge is -2.16. The summed E-state index contributed by atoms with van der Waals surface area (Å²) in [6, 6.07) is 4.99. The van der Waals surface area contributed by atoms with E-state index in [4.69, 9.17) is 0 Å². The third kappa shape index (κ3) is 6.37. The van der Waals surface area contributed by atoms with Gasteiger partial charge in [-0.2, -0.15) is 11.8 Å². The van der Waals surface area contributed by atoms with Crippen LogP contribution in [0.3, 0.4) is 0 Å². The minimum absolute atomic E-state index is 0.225. The zero-order chi connectivity index (χ0) is 15.2. The van der Waals surface area contributed by atoms with Crippen molar-refractivity contribution in [2.45, 2.75) is 32.3 Å². The van der Waals surface area contributed by atoms with Gasteiger partial charge in [-0.1, -0.05) is 13.0 Å². The topological polar surface area (TPSA) is 21.3 Å². The van der Waals surface area contributed by atoms with Crippen molar-refractivity contribution in [2.75, 3.05) is 12.0 Å². The van der Waals surface area contributed by atoms with Crippen molar-refractivity contribution in [3.05, 3.63) is 28.2 Å². The fourth-order valence-corrected chi connectivity index (χ4v) is 2.91. The minimum atomic E-state index is -4.67. The molecule has 0 saturated carbocycles. The van der Waals surface area contributed by atoms with Gasteiger partial charge in [-0.05, 0) is 46.3 Å². The number of nitrogens with one attached hydrogen (secondary N) is 1. The number of halogens is 4. The van der Waals surface area contributed by atoms with Crippen LogP contribution < -0.4 is 10.1 Å². The van der Waals surface area contributed by atoms with Crippen molar-refractivity contribution in [1.29, 1.82) is 0 Å². The van der Waals surface area contributed by atoms with E-state index in [1.807, 2.05) is 6.26 Å². The molecule has 1 rings (SSSR count). The molecule has 1 N–H and O–H groups in total. The normalized spacial score (nSPS) is 13.3. The molecule has 114 valence electrons. The number of ether oxygens (including phenoxy) is 1. The first-order chi connectivity index (χ1) is 9.35. The smallest absolute Gasteiger partial charge is 0.405 e. The molecular formula is C13H17BrF3NOS. The highest BCUT2D eigenvalue weighted by atomic mass is 79.9. The molecule has 0 aliphatic carbocycles. The van der Waals surface area contributed by atoms with Gasteiger partial charge in [-0.15, -0.1) is 13.2 Å². The highest BCUT2D eigenvalue weighted by Gasteiger charge is 2.31. The van der Waals surface area contributed by atoms with Gasteiger partial charge in [-0.3, -0.25) is 0 Å². The third-order valence-electron chi connectivity index (χ3n) is 2.68. The second kappa shape index (κ2) is 8.14. The predicted octanol–water partition coefficient (Wildman–Crippen LogP) is 4.58. The highest BCUT2D eigenvalue weighted by molar-refractivity contribution is 9.10. The number of hydrogen-bond acceptors (Lipinski definition) is 3. The molecule has 0 aliphatic rings. The average Bonchev–Trinajstić information content (AvgIpc) is 2.36. The largest absolute Gasteiger partial charge is 0.573 e. The van der Waals surface area contributed by atoms with Crippen LogP contribution in [0.2, 0.25) is 0 Å². The third-order valence-corrected chi connectivity index (χ3v) is 4.03. The first-order valence-corrected chi connectivity index (χ1v) is 8.31. The van der Waals surface area contributed by atoms with E-state index in [0.717, 1.165) is 17.7 Å². The molecule has 0 heterocycles. The van der Waals surface area contributed by atoms with Crippen LogP contribution >= 0.6 is 27.7 Å². The first kappa shape index (κ1) is 17.7. The van der Waals surface area contributed by atoms with Crippen molar-refractivity contribution < 1.29 is 17.9 Å². The van der Waals surface area contributed by atoms with Crippen LogP contribution in [0.1, 0.15) is 18.9 Å². The van der Waals surface area contributed by atoms with Gasteiger partial charge in [-0.25, -0.2) is 0 Å². The van der Waals surface area contributed by atoms with E-state index in [9.17, 15) is 13.2 Å². The number of benzene rings is 1. The van der Waals surface area contributed by atoms with Gasteiger partial charge < -0.3 is 10.1 Å². The summed E-state index contributed by atoms with van der Waals surface area (Å²) in [4.78, 5) is 0. The number of hydrogen-bond donors (Lipinski definition) is 1. The summed E-state index contributed by atoms with van der Waals surface area (Å²) < 4.78 is 40.6. The molecule has 1 aromatic rings. The molecule has 0 bridgehead atoms. The van der Waals surface area contributed by atoms with E-state index in [1.54, 1.807) is 23.9 Å². The molecule has 0 amide bonds. The molecule has 1 unspecified atom stereocenters. The molecule has 0 spiro atoms. The fourth-order valence-electron chi connectivity index (χ4n) is 1.65. The molecule has 1 atom stereocenters. The molecular weight excluding hydrogens is 355 g/mol. The van der Waals surface area contributed by atoms with Crippen LogP contribution in [0.4, 0.5) is 13.2 Å². The Labute approximate surface area is 129 Å². The molecule has 0 fully saturated rings. The van der Waals surface area contributed by atoms with Crippen LogP contribution in [0, 0.1) is 0 Å². The van der Waals surface area contributed by atoms with Crippen LogP contribution in [-0.2, 0) is 6.54 Å². The maximum atomic E-state index is 12.1. The molecule has 7 heteroatoms. The molecule has 20 heavy (non-hydrogen) atoms. The zero-order valence-electron chi connectivity index (χ0n) is 11.3. The Balaban J connectivity index is 2.63. The second-order valence-corrected chi connectivity index (χ2v) is 6.02. The summed E-state index contributed by atoms with van der Waals surface area (Å²) in [5, 5.41) is 3.38. The van der Waals surface area contributed by atoms with E-state index in [1.165, 1.54) is 6.07 Å². The van der Waals surface area contributed by atoms with Gasteiger partial charge in [0.1, 0.15) is 5.75 Å². The van der Waals surface area contributed by atoms with Gasteiger partial charge in [0.2, 0.25) is 0 Å². The van der Waals surface area contributed by atoms with Gasteiger partial charge in [0.15, 0.2) is 0 Å². The second-order valence-electron chi connectivity index (χ2n) is 4.25. The van der Waals surface area contributed by atoms with E-state index < -0.39 is 6.36 Å². The standard InChI is InChI=1S/C13H17BrF3NOS/c1-3-10(8-20-2)18-7-9-4-5-12(11(14)6-9)19-13(15,16)17/h4-6,10,18H,3,7-8H2,1-2H3. The van der Waals surface area contributed by atoms with Gasteiger partial charge in [0, 0.05) is 18.3 Å². The van der Waals surface area contributed by atoms with Crippen molar-refractivity contribution in [3.63, 3.8) is 0 Å². The summed E-state index contributed by atoms with van der Waals surface area (Å²) in [5.41, 5.74) is 0.908. The van der Waals surface area contributed by atoms with Crippen LogP contribution in [-0.4, -0.2) is 24.4 Å². The summed E-state index contributed by atoms with van der Waals surface area (Å²) in [7, 11) is 0. The molecule has 0 aromatic heterocycles. The predicted molar refractivity (Wildman–Crippen MR) is 80.1 cm³/mol. The Morgan fingerprint density at radius 1 is 1.40 bits per heavy atom. The Morgan fingerprint density at radius 3 is 2.60 bits per heavy atom. The molecule has 2 nitrogen and oxygen atoms in total. The van der Waals surface area contributed by atoms with E-state index in [0.29, 0.717) is 17.1 Å². The van der Waals surface area contributed by atoms with Gasteiger partial charge >= 0.3 is 6.36 Å². The van der Waals surface area contributed by atoms with Crippen molar-refractivity contribution in [3.8, 4) is 5.75 Å². The zero-order valence-corrected chi connectivity index (χ0v) is 13.7. The summed E-state index contributed by atoms with van der Waals surface area (Å²) >= 11 is 4.86. The van der Waals surface area contributed by atoms with Crippen molar-refractivity contribution in [2.24, 2.45) is 0 Å². The molecule has 0 aliphatic heterocycles. The Kier molecular flexibility index (Phi) is 7.19. The molecule has 0 radical (unpaired) electrons. The van der Waals surface area contributed by atoms with Gasteiger partial charge in [0.05, 0.1) is 4.47 Å².